The van der Waals surface area contributed by atoms with Crippen molar-refractivity contribution in [3.05, 3.63) is 120 Å². The second kappa shape index (κ2) is 10.1. The van der Waals surface area contributed by atoms with Crippen LogP contribution in [0, 0.1) is 6.92 Å². The summed E-state index contributed by atoms with van der Waals surface area (Å²) in [6.07, 6.45) is 3.92. The molecular formula is C27H28N4O. The van der Waals surface area contributed by atoms with E-state index in [0.717, 1.165) is 28.9 Å². The van der Waals surface area contributed by atoms with Crippen molar-refractivity contribution in [1.29, 1.82) is 0 Å². The van der Waals surface area contributed by atoms with Gasteiger partial charge in [-0.1, -0.05) is 78.4 Å². The molecule has 0 aliphatic rings. The van der Waals surface area contributed by atoms with Crippen LogP contribution < -0.4 is 5.32 Å². The molecule has 3 aromatic carbocycles. The molecule has 162 valence electrons. The standard InChI is InChI=1S/C27H28N4O/c1-21-13-15-25(16-14-21)29-27(32)26(24-11-7-4-8-12-24)30(2)18-23-17-28-31(20-23)19-22-9-5-3-6-10-22/h3-17,20,26H,18-19H2,1-2H3,(H,29,32)/t26-/m1/s1. The Balaban J connectivity index is 1.50. The Hall–Kier alpha value is -3.70. The molecule has 5 heteroatoms. The van der Waals surface area contributed by atoms with Gasteiger partial charge in [0, 0.05) is 24.0 Å². The lowest BCUT2D eigenvalue weighted by Gasteiger charge is -2.27. The Morgan fingerprint density at radius 1 is 0.938 bits per heavy atom. The van der Waals surface area contributed by atoms with Gasteiger partial charge in [0.1, 0.15) is 6.04 Å². The van der Waals surface area contributed by atoms with Gasteiger partial charge in [-0.3, -0.25) is 14.4 Å². The van der Waals surface area contributed by atoms with Gasteiger partial charge in [-0.05, 0) is 37.2 Å². The van der Waals surface area contributed by atoms with E-state index in [1.807, 2.05) is 104 Å². The Morgan fingerprint density at radius 2 is 1.59 bits per heavy atom. The molecule has 0 spiro atoms. The van der Waals surface area contributed by atoms with Crippen LogP contribution in [0.5, 0.6) is 0 Å². The topological polar surface area (TPSA) is 50.2 Å². The molecule has 1 heterocycles. The molecule has 1 aromatic heterocycles. The maximum atomic E-state index is 13.3. The second-order valence-corrected chi connectivity index (χ2v) is 8.12. The zero-order chi connectivity index (χ0) is 22.3. The highest BCUT2D eigenvalue weighted by Gasteiger charge is 2.25. The van der Waals surface area contributed by atoms with Gasteiger partial charge in [0.15, 0.2) is 0 Å². The van der Waals surface area contributed by atoms with Gasteiger partial charge in [0.05, 0.1) is 12.7 Å². The summed E-state index contributed by atoms with van der Waals surface area (Å²) in [4.78, 5) is 15.4. The van der Waals surface area contributed by atoms with E-state index < -0.39 is 6.04 Å². The minimum atomic E-state index is -0.421. The van der Waals surface area contributed by atoms with Crippen LogP contribution in [0.25, 0.3) is 0 Å². The van der Waals surface area contributed by atoms with Crippen molar-refractivity contribution in [3.8, 4) is 0 Å². The molecule has 32 heavy (non-hydrogen) atoms. The maximum Gasteiger partial charge on any atom is 0.246 e. The number of carbonyl (C=O) groups excluding carboxylic acids is 1. The van der Waals surface area contributed by atoms with Crippen LogP contribution in [0.15, 0.2) is 97.3 Å². The zero-order valence-electron chi connectivity index (χ0n) is 18.5. The number of carbonyl (C=O) groups is 1. The van der Waals surface area contributed by atoms with E-state index >= 15 is 0 Å². The largest absolute Gasteiger partial charge is 0.324 e. The first kappa shape index (κ1) is 21.5. The van der Waals surface area contributed by atoms with Gasteiger partial charge in [0.2, 0.25) is 5.91 Å². The number of hydrogen-bond donors (Lipinski definition) is 1. The molecular weight excluding hydrogens is 396 g/mol. The van der Waals surface area contributed by atoms with Gasteiger partial charge >= 0.3 is 0 Å². The molecule has 0 saturated heterocycles. The zero-order valence-corrected chi connectivity index (χ0v) is 18.5. The highest BCUT2D eigenvalue weighted by molar-refractivity contribution is 5.95. The molecule has 0 unspecified atom stereocenters. The van der Waals surface area contributed by atoms with Crippen molar-refractivity contribution in [1.82, 2.24) is 14.7 Å². The van der Waals surface area contributed by atoms with Gasteiger partial charge < -0.3 is 5.32 Å². The number of benzene rings is 3. The first-order chi connectivity index (χ1) is 15.6. The second-order valence-electron chi connectivity index (χ2n) is 8.12. The normalized spacial score (nSPS) is 12.0. The molecule has 0 aliphatic heterocycles. The molecule has 0 bridgehead atoms. The minimum absolute atomic E-state index is 0.0563. The van der Waals surface area contributed by atoms with E-state index in [9.17, 15) is 4.79 Å². The van der Waals surface area contributed by atoms with Crippen LogP contribution in [0.2, 0.25) is 0 Å². The molecule has 0 saturated carbocycles. The molecule has 4 rings (SSSR count). The number of anilines is 1. The monoisotopic (exact) mass is 424 g/mol. The van der Waals surface area contributed by atoms with E-state index in [1.165, 1.54) is 5.56 Å². The summed E-state index contributed by atoms with van der Waals surface area (Å²) in [5.74, 6) is -0.0563. The summed E-state index contributed by atoms with van der Waals surface area (Å²) in [5.41, 5.74) is 5.18. The highest BCUT2D eigenvalue weighted by Crippen LogP contribution is 2.23. The summed E-state index contributed by atoms with van der Waals surface area (Å²) in [6, 6.07) is 27.6. The molecule has 0 fully saturated rings. The van der Waals surface area contributed by atoms with Crippen LogP contribution in [0.3, 0.4) is 0 Å². The van der Waals surface area contributed by atoms with Crippen molar-refractivity contribution in [2.24, 2.45) is 0 Å². The van der Waals surface area contributed by atoms with Crippen LogP contribution in [-0.2, 0) is 17.9 Å². The van der Waals surface area contributed by atoms with Crippen molar-refractivity contribution < 1.29 is 4.79 Å². The fraction of sp³-hybridized carbons (Fsp3) is 0.185. The fourth-order valence-electron chi connectivity index (χ4n) is 3.81. The van der Waals surface area contributed by atoms with E-state index in [2.05, 4.69) is 27.4 Å². The van der Waals surface area contributed by atoms with Crippen molar-refractivity contribution in [2.75, 3.05) is 12.4 Å². The average Bonchev–Trinajstić information content (AvgIpc) is 3.23. The van der Waals surface area contributed by atoms with Crippen molar-refractivity contribution in [2.45, 2.75) is 26.1 Å². The lowest BCUT2D eigenvalue weighted by Crippen LogP contribution is -2.34. The van der Waals surface area contributed by atoms with Crippen LogP contribution in [-0.4, -0.2) is 27.6 Å². The number of rotatable bonds is 8. The average molecular weight is 425 g/mol. The van der Waals surface area contributed by atoms with E-state index in [0.29, 0.717) is 6.54 Å². The number of aromatic nitrogens is 2. The summed E-state index contributed by atoms with van der Waals surface area (Å²) < 4.78 is 1.93. The van der Waals surface area contributed by atoms with Crippen molar-refractivity contribution in [3.63, 3.8) is 0 Å². The molecule has 0 radical (unpaired) electrons. The molecule has 1 N–H and O–H groups in total. The Morgan fingerprint density at radius 3 is 2.28 bits per heavy atom. The van der Waals surface area contributed by atoms with E-state index in [4.69, 9.17) is 0 Å². The predicted octanol–water partition coefficient (Wildman–Crippen LogP) is 5.05. The number of amides is 1. The lowest BCUT2D eigenvalue weighted by atomic mass is 10.0. The number of aryl methyl sites for hydroxylation is 1. The number of nitrogens with one attached hydrogen (secondary N) is 1. The predicted molar refractivity (Wildman–Crippen MR) is 128 cm³/mol. The summed E-state index contributed by atoms with van der Waals surface area (Å²) in [7, 11) is 1.97. The number of nitrogens with zero attached hydrogens (tertiary/aromatic N) is 3. The summed E-state index contributed by atoms with van der Waals surface area (Å²) >= 11 is 0. The maximum absolute atomic E-state index is 13.3. The Bertz CT molecular complexity index is 1140. The minimum Gasteiger partial charge on any atom is -0.324 e. The van der Waals surface area contributed by atoms with Gasteiger partial charge in [-0.2, -0.15) is 5.10 Å². The van der Waals surface area contributed by atoms with Gasteiger partial charge in [-0.25, -0.2) is 0 Å². The molecule has 5 nitrogen and oxygen atoms in total. The Labute approximate surface area is 189 Å². The molecule has 0 aliphatic carbocycles. The van der Waals surface area contributed by atoms with Crippen LogP contribution in [0.4, 0.5) is 5.69 Å². The first-order valence-corrected chi connectivity index (χ1v) is 10.8. The number of likely N-dealkylation sites (N-methyl/N-ethyl adjacent to an activating group) is 1. The van der Waals surface area contributed by atoms with Gasteiger partial charge in [0.25, 0.3) is 0 Å². The quantitative estimate of drug-likeness (QED) is 0.431. The number of hydrogen-bond acceptors (Lipinski definition) is 3. The third kappa shape index (κ3) is 5.50. The van der Waals surface area contributed by atoms with E-state index in [1.54, 1.807) is 0 Å². The lowest BCUT2D eigenvalue weighted by molar-refractivity contribution is -0.121. The molecule has 1 amide bonds. The Kier molecular flexibility index (Phi) is 6.78. The highest BCUT2D eigenvalue weighted by atomic mass is 16.2. The molecule has 4 aromatic rings. The third-order valence-corrected chi connectivity index (χ3v) is 5.43. The summed E-state index contributed by atoms with van der Waals surface area (Å²) in [6.45, 7) is 3.36. The SMILES string of the molecule is Cc1ccc(NC(=O)[C@@H](c2ccccc2)N(C)Cc2cnn(Cc3ccccc3)c2)cc1. The molecule has 1 atom stereocenters. The van der Waals surface area contributed by atoms with Crippen LogP contribution in [0.1, 0.15) is 28.3 Å². The summed E-state index contributed by atoms with van der Waals surface area (Å²) in [5, 5.41) is 7.58. The van der Waals surface area contributed by atoms with Crippen LogP contribution >= 0.6 is 0 Å². The first-order valence-electron chi connectivity index (χ1n) is 10.8. The van der Waals surface area contributed by atoms with Crippen molar-refractivity contribution >= 4 is 11.6 Å². The fourth-order valence-corrected chi connectivity index (χ4v) is 3.81. The third-order valence-electron chi connectivity index (χ3n) is 5.43. The van der Waals surface area contributed by atoms with E-state index in [-0.39, 0.29) is 5.91 Å². The smallest absolute Gasteiger partial charge is 0.246 e. The van der Waals surface area contributed by atoms with Gasteiger partial charge in [-0.15, -0.1) is 0 Å².